The SMILES string of the molecule is CN(C)C=NS(=O)(=O)c1cc([C]=O)ccc1Cl. The minimum absolute atomic E-state index is 0.0138. The summed E-state index contributed by atoms with van der Waals surface area (Å²) < 4.78 is 27.0. The third-order valence-corrected chi connectivity index (χ3v) is 3.45. The summed E-state index contributed by atoms with van der Waals surface area (Å²) in [5.41, 5.74) is 0.105. The summed E-state index contributed by atoms with van der Waals surface area (Å²) in [5, 5.41) is 0.0138. The zero-order valence-corrected chi connectivity index (χ0v) is 10.8. The van der Waals surface area contributed by atoms with Crippen molar-refractivity contribution in [2.24, 2.45) is 4.40 Å². The molecule has 1 radical (unpaired) electrons. The maximum Gasteiger partial charge on any atom is 0.285 e. The van der Waals surface area contributed by atoms with Crippen LogP contribution in [0.15, 0.2) is 27.5 Å². The first kappa shape index (κ1) is 13.7. The molecule has 0 bridgehead atoms. The predicted octanol–water partition coefficient (Wildman–Crippen LogP) is 1.08. The normalized spacial score (nSPS) is 11.7. The molecule has 0 aliphatic rings. The van der Waals surface area contributed by atoms with Crippen molar-refractivity contribution in [2.75, 3.05) is 14.1 Å². The second-order valence-corrected chi connectivity index (χ2v) is 5.41. The van der Waals surface area contributed by atoms with Gasteiger partial charge in [0.15, 0.2) is 0 Å². The van der Waals surface area contributed by atoms with Crippen LogP contribution in [0.3, 0.4) is 0 Å². The average molecular weight is 274 g/mol. The highest BCUT2D eigenvalue weighted by Crippen LogP contribution is 2.23. The zero-order valence-electron chi connectivity index (χ0n) is 9.21. The van der Waals surface area contributed by atoms with E-state index in [0.717, 1.165) is 12.4 Å². The number of benzene rings is 1. The monoisotopic (exact) mass is 273 g/mol. The average Bonchev–Trinajstić information content (AvgIpc) is 2.27. The molecule has 0 heterocycles. The number of sulfonamides is 1. The van der Waals surface area contributed by atoms with Gasteiger partial charge in [-0.15, -0.1) is 4.40 Å². The molecule has 0 atom stereocenters. The lowest BCUT2D eigenvalue weighted by Crippen LogP contribution is -2.10. The molecule has 1 aromatic rings. The summed E-state index contributed by atoms with van der Waals surface area (Å²) in [6, 6.07) is 3.83. The molecule has 0 spiro atoms. The Morgan fingerprint density at radius 1 is 1.41 bits per heavy atom. The Morgan fingerprint density at radius 3 is 2.59 bits per heavy atom. The first-order valence-corrected chi connectivity index (χ1v) is 6.33. The van der Waals surface area contributed by atoms with Gasteiger partial charge in [0.1, 0.15) is 11.2 Å². The van der Waals surface area contributed by atoms with Crippen molar-refractivity contribution in [2.45, 2.75) is 4.90 Å². The van der Waals surface area contributed by atoms with E-state index in [1.165, 1.54) is 17.0 Å². The first-order chi connectivity index (χ1) is 7.86. The third kappa shape index (κ3) is 3.54. The molecule has 0 saturated heterocycles. The van der Waals surface area contributed by atoms with E-state index in [0.29, 0.717) is 0 Å². The third-order valence-electron chi connectivity index (χ3n) is 1.74. The number of carbonyl (C=O) groups excluding carboxylic acids is 1. The van der Waals surface area contributed by atoms with Gasteiger partial charge in [0.2, 0.25) is 6.29 Å². The summed E-state index contributed by atoms with van der Waals surface area (Å²) in [6.45, 7) is 0. The number of nitrogens with zero attached hydrogens (tertiary/aromatic N) is 2. The van der Waals surface area contributed by atoms with Crippen LogP contribution < -0.4 is 0 Å². The molecule has 5 nitrogen and oxygen atoms in total. The second kappa shape index (κ2) is 5.29. The Morgan fingerprint density at radius 2 is 2.06 bits per heavy atom. The van der Waals surface area contributed by atoms with Gasteiger partial charge in [-0.25, -0.2) is 0 Å². The molecule has 0 amide bonds. The summed E-state index contributed by atoms with van der Waals surface area (Å²) in [6.07, 6.45) is 2.74. The number of hydrogen-bond acceptors (Lipinski definition) is 3. The number of halogens is 1. The quantitative estimate of drug-likeness (QED) is 0.608. The first-order valence-electron chi connectivity index (χ1n) is 4.51. The van der Waals surface area contributed by atoms with Crippen LogP contribution in [-0.2, 0) is 14.8 Å². The van der Waals surface area contributed by atoms with E-state index in [4.69, 9.17) is 11.6 Å². The maximum atomic E-state index is 11.8. The molecule has 17 heavy (non-hydrogen) atoms. The Bertz CT molecular complexity index is 553. The summed E-state index contributed by atoms with van der Waals surface area (Å²) in [7, 11) is -0.631. The minimum atomic E-state index is -3.90. The van der Waals surface area contributed by atoms with Gasteiger partial charge in [-0.05, 0) is 18.2 Å². The highest BCUT2D eigenvalue weighted by molar-refractivity contribution is 7.90. The molecule has 1 aromatic carbocycles. The van der Waals surface area contributed by atoms with Crippen molar-refractivity contribution < 1.29 is 13.2 Å². The summed E-state index contributed by atoms with van der Waals surface area (Å²) >= 11 is 5.76. The Kier molecular flexibility index (Phi) is 4.25. The summed E-state index contributed by atoms with van der Waals surface area (Å²) in [4.78, 5) is 11.7. The highest BCUT2D eigenvalue weighted by Gasteiger charge is 2.17. The smallest absolute Gasteiger partial charge is 0.285 e. The van der Waals surface area contributed by atoms with E-state index in [2.05, 4.69) is 4.40 Å². The molecule has 0 saturated carbocycles. The minimum Gasteiger partial charge on any atom is -0.368 e. The molecule has 1 rings (SSSR count). The Labute approximate surface area is 105 Å². The van der Waals surface area contributed by atoms with Crippen molar-refractivity contribution in [3.8, 4) is 0 Å². The number of rotatable bonds is 4. The van der Waals surface area contributed by atoms with Gasteiger partial charge in [-0.1, -0.05) is 11.6 Å². The van der Waals surface area contributed by atoms with Crippen molar-refractivity contribution in [3.05, 3.63) is 28.8 Å². The van der Waals surface area contributed by atoms with Crippen molar-refractivity contribution in [1.82, 2.24) is 4.90 Å². The molecule has 7 heteroatoms. The van der Waals surface area contributed by atoms with Crippen molar-refractivity contribution in [3.63, 3.8) is 0 Å². The topological polar surface area (TPSA) is 66.8 Å². The van der Waals surface area contributed by atoms with Gasteiger partial charge in [0.05, 0.1) is 5.02 Å². The largest absolute Gasteiger partial charge is 0.368 e. The molecular weight excluding hydrogens is 264 g/mol. The Balaban J connectivity index is 3.28. The lowest BCUT2D eigenvalue weighted by Gasteiger charge is -2.05. The van der Waals surface area contributed by atoms with Gasteiger partial charge in [0.25, 0.3) is 10.0 Å². The zero-order chi connectivity index (χ0) is 13.1. The van der Waals surface area contributed by atoms with Crippen LogP contribution in [0.25, 0.3) is 0 Å². The fraction of sp³-hybridized carbons (Fsp3) is 0.200. The maximum absolute atomic E-state index is 11.8. The van der Waals surface area contributed by atoms with Crippen LogP contribution in [0.1, 0.15) is 5.56 Å². The number of hydrogen-bond donors (Lipinski definition) is 0. The van der Waals surface area contributed by atoms with Crippen LogP contribution in [-0.4, -0.2) is 40.0 Å². The second-order valence-electron chi connectivity index (χ2n) is 3.41. The molecule has 0 fully saturated rings. The van der Waals surface area contributed by atoms with E-state index in [1.54, 1.807) is 20.4 Å². The molecular formula is C10H10ClN2O3S. The standard InChI is InChI=1S/C10H10ClN2O3S/c1-13(2)7-12-17(15,16)10-5-8(6-14)3-4-9(10)11/h3-5,7H,1-2H3. The van der Waals surface area contributed by atoms with Crippen LogP contribution in [0.2, 0.25) is 5.02 Å². The molecule has 91 valence electrons. The van der Waals surface area contributed by atoms with Crippen LogP contribution >= 0.6 is 11.6 Å². The van der Waals surface area contributed by atoms with Gasteiger partial charge in [-0.3, -0.25) is 4.79 Å². The predicted molar refractivity (Wildman–Crippen MR) is 65.6 cm³/mol. The van der Waals surface area contributed by atoms with E-state index in [9.17, 15) is 13.2 Å². The molecule has 0 aromatic heterocycles. The van der Waals surface area contributed by atoms with Crippen LogP contribution in [0.4, 0.5) is 0 Å². The molecule has 0 N–H and O–H groups in total. The van der Waals surface area contributed by atoms with E-state index < -0.39 is 10.0 Å². The van der Waals surface area contributed by atoms with Gasteiger partial charge < -0.3 is 4.90 Å². The van der Waals surface area contributed by atoms with Gasteiger partial charge >= 0.3 is 0 Å². The van der Waals surface area contributed by atoms with Gasteiger partial charge in [-0.2, -0.15) is 8.42 Å². The van der Waals surface area contributed by atoms with E-state index in [1.807, 2.05) is 0 Å². The Hall–Kier alpha value is -1.40. The lowest BCUT2D eigenvalue weighted by atomic mass is 10.2. The lowest BCUT2D eigenvalue weighted by molar-refractivity contribution is 0.562. The van der Waals surface area contributed by atoms with Gasteiger partial charge in [0, 0.05) is 19.7 Å². The van der Waals surface area contributed by atoms with E-state index in [-0.39, 0.29) is 15.5 Å². The van der Waals surface area contributed by atoms with Crippen LogP contribution in [0, 0.1) is 0 Å². The van der Waals surface area contributed by atoms with Crippen molar-refractivity contribution >= 4 is 34.2 Å². The van der Waals surface area contributed by atoms with Crippen molar-refractivity contribution in [1.29, 1.82) is 0 Å². The fourth-order valence-corrected chi connectivity index (χ4v) is 2.40. The fourth-order valence-electron chi connectivity index (χ4n) is 0.978. The van der Waals surface area contributed by atoms with E-state index >= 15 is 0 Å². The molecule has 0 aliphatic heterocycles. The molecule has 0 unspecified atom stereocenters. The molecule has 0 aliphatic carbocycles. The summed E-state index contributed by atoms with van der Waals surface area (Å²) in [5.74, 6) is 0. The highest BCUT2D eigenvalue weighted by atomic mass is 35.5. The van der Waals surface area contributed by atoms with Crippen LogP contribution in [0.5, 0.6) is 0 Å².